The number of carbonyl (C=O) groups excluding carboxylic acids is 1. The Bertz CT molecular complexity index is 546. The van der Waals surface area contributed by atoms with Crippen LogP contribution in [0.3, 0.4) is 0 Å². The number of esters is 1. The summed E-state index contributed by atoms with van der Waals surface area (Å²) in [6, 6.07) is 0. The quantitative estimate of drug-likeness (QED) is 0.0524. The van der Waals surface area contributed by atoms with E-state index >= 15 is 0 Å². The minimum absolute atomic E-state index is 0.00483. The molecule has 0 rings (SSSR count). The third-order valence-corrected chi connectivity index (χ3v) is 7.25. The number of hydrogen-bond acceptors (Lipinski definition) is 2. The van der Waals surface area contributed by atoms with Gasteiger partial charge < -0.3 is 4.74 Å². The molecule has 0 aromatic heterocycles. The van der Waals surface area contributed by atoms with Crippen molar-refractivity contribution >= 4 is 5.97 Å². The number of ether oxygens (including phenoxy) is 1. The molecule has 0 saturated heterocycles. The molecular weight excluding hydrogens is 464 g/mol. The number of unbranched alkanes of at least 4 members (excludes halogenated alkanes) is 20. The summed E-state index contributed by atoms with van der Waals surface area (Å²) in [6.07, 6.45) is 46.2. The van der Waals surface area contributed by atoms with Gasteiger partial charge >= 0.3 is 5.97 Å². The number of allylic oxidation sites excluding steroid dienone is 6. The van der Waals surface area contributed by atoms with Crippen LogP contribution in [0.2, 0.25) is 0 Å². The smallest absolute Gasteiger partial charge is 0.305 e. The van der Waals surface area contributed by atoms with E-state index in [4.69, 9.17) is 4.74 Å². The van der Waals surface area contributed by atoms with Crippen molar-refractivity contribution in [2.45, 2.75) is 181 Å². The third kappa shape index (κ3) is 32.7. The molecule has 0 N–H and O–H groups in total. The van der Waals surface area contributed by atoms with Gasteiger partial charge in [0.15, 0.2) is 0 Å². The Kier molecular flexibility index (Phi) is 32.6. The summed E-state index contributed by atoms with van der Waals surface area (Å²) in [5.41, 5.74) is 0. The zero-order valence-corrected chi connectivity index (χ0v) is 25.9. The molecule has 0 aromatic rings. The minimum Gasteiger partial charge on any atom is -0.466 e. The molecule has 0 spiro atoms. The van der Waals surface area contributed by atoms with E-state index in [2.05, 4.69) is 50.3 Å². The Morgan fingerprint density at radius 1 is 0.447 bits per heavy atom. The van der Waals surface area contributed by atoms with Crippen molar-refractivity contribution in [1.29, 1.82) is 0 Å². The van der Waals surface area contributed by atoms with Crippen molar-refractivity contribution in [3.8, 4) is 0 Å². The van der Waals surface area contributed by atoms with Crippen LogP contribution in [-0.2, 0) is 9.53 Å². The van der Waals surface area contributed by atoms with Crippen molar-refractivity contribution in [1.82, 2.24) is 0 Å². The second-order valence-electron chi connectivity index (χ2n) is 11.1. The van der Waals surface area contributed by atoms with Gasteiger partial charge in [0.1, 0.15) is 0 Å². The second-order valence-corrected chi connectivity index (χ2v) is 11.1. The number of carbonyl (C=O) groups is 1. The van der Waals surface area contributed by atoms with Gasteiger partial charge in [-0.05, 0) is 70.6 Å². The molecule has 38 heavy (non-hydrogen) atoms. The molecular formula is C36H66O2. The van der Waals surface area contributed by atoms with Crippen molar-refractivity contribution in [3.63, 3.8) is 0 Å². The fourth-order valence-corrected chi connectivity index (χ4v) is 4.69. The molecule has 0 radical (unpaired) electrons. The molecule has 0 atom stereocenters. The SMILES string of the molecule is CCCCC/C=C/C/C=C/CCCCCCCCOC(=O)CCCCCCC/C=C\CCCCCCCC. The van der Waals surface area contributed by atoms with E-state index in [-0.39, 0.29) is 5.97 Å². The lowest BCUT2D eigenvalue weighted by Crippen LogP contribution is -2.05. The van der Waals surface area contributed by atoms with E-state index in [0.29, 0.717) is 13.0 Å². The van der Waals surface area contributed by atoms with Gasteiger partial charge in [0, 0.05) is 6.42 Å². The van der Waals surface area contributed by atoms with Crippen LogP contribution in [0.4, 0.5) is 0 Å². The maximum Gasteiger partial charge on any atom is 0.305 e. The molecule has 0 bridgehead atoms. The summed E-state index contributed by atoms with van der Waals surface area (Å²) in [6.45, 7) is 5.14. The van der Waals surface area contributed by atoms with Crippen LogP contribution in [0, 0.1) is 0 Å². The molecule has 0 aliphatic carbocycles. The van der Waals surface area contributed by atoms with E-state index in [1.165, 1.54) is 135 Å². The van der Waals surface area contributed by atoms with Crippen LogP contribution in [-0.4, -0.2) is 12.6 Å². The lowest BCUT2D eigenvalue weighted by molar-refractivity contribution is -0.143. The third-order valence-electron chi connectivity index (χ3n) is 7.25. The van der Waals surface area contributed by atoms with Gasteiger partial charge in [0.05, 0.1) is 6.61 Å². The Hall–Kier alpha value is -1.31. The average molecular weight is 531 g/mol. The van der Waals surface area contributed by atoms with E-state index in [9.17, 15) is 4.79 Å². The molecule has 0 aliphatic rings. The first-order valence-electron chi connectivity index (χ1n) is 16.9. The molecule has 0 fully saturated rings. The average Bonchev–Trinajstić information content (AvgIpc) is 2.92. The number of rotatable bonds is 30. The maximum atomic E-state index is 11.9. The molecule has 0 amide bonds. The van der Waals surface area contributed by atoms with E-state index < -0.39 is 0 Å². The van der Waals surface area contributed by atoms with Crippen LogP contribution in [0.25, 0.3) is 0 Å². The van der Waals surface area contributed by atoms with E-state index in [1.54, 1.807) is 0 Å². The molecule has 0 saturated carbocycles. The predicted molar refractivity (Wildman–Crippen MR) is 170 cm³/mol. The maximum absolute atomic E-state index is 11.9. The fourth-order valence-electron chi connectivity index (χ4n) is 4.69. The first kappa shape index (κ1) is 36.7. The topological polar surface area (TPSA) is 26.3 Å². The lowest BCUT2D eigenvalue weighted by atomic mass is 10.1. The summed E-state index contributed by atoms with van der Waals surface area (Å²) >= 11 is 0. The van der Waals surface area contributed by atoms with E-state index in [1.807, 2.05) is 0 Å². The monoisotopic (exact) mass is 531 g/mol. The lowest BCUT2D eigenvalue weighted by Gasteiger charge is -2.05. The summed E-state index contributed by atoms with van der Waals surface area (Å²) in [7, 11) is 0. The van der Waals surface area contributed by atoms with Gasteiger partial charge in [-0.3, -0.25) is 4.79 Å². The highest BCUT2D eigenvalue weighted by atomic mass is 16.5. The van der Waals surface area contributed by atoms with Gasteiger partial charge in [-0.2, -0.15) is 0 Å². The minimum atomic E-state index is 0.00483. The zero-order valence-electron chi connectivity index (χ0n) is 25.9. The molecule has 222 valence electrons. The normalized spacial score (nSPS) is 11.9. The molecule has 0 aromatic carbocycles. The summed E-state index contributed by atoms with van der Waals surface area (Å²) in [4.78, 5) is 11.9. The molecule has 0 aliphatic heterocycles. The summed E-state index contributed by atoms with van der Waals surface area (Å²) in [5.74, 6) is 0.00483. The van der Waals surface area contributed by atoms with Crippen LogP contribution in [0.5, 0.6) is 0 Å². The highest BCUT2D eigenvalue weighted by Crippen LogP contribution is 2.11. The first-order valence-corrected chi connectivity index (χ1v) is 16.9. The number of hydrogen-bond donors (Lipinski definition) is 0. The summed E-state index contributed by atoms with van der Waals surface area (Å²) < 4.78 is 5.42. The molecule has 0 heterocycles. The van der Waals surface area contributed by atoms with E-state index in [0.717, 1.165) is 25.7 Å². The van der Waals surface area contributed by atoms with Crippen LogP contribution in [0.15, 0.2) is 36.5 Å². The second kappa shape index (κ2) is 33.7. The molecule has 0 unspecified atom stereocenters. The van der Waals surface area contributed by atoms with Gasteiger partial charge in [0.2, 0.25) is 0 Å². The van der Waals surface area contributed by atoms with Crippen molar-refractivity contribution in [2.75, 3.05) is 6.61 Å². The van der Waals surface area contributed by atoms with Crippen LogP contribution < -0.4 is 0 Å². The van der Waals surface area contributed by atoms with Crippen LogP contribution >= 0.6 is 0 Å². The fraction of sp³-hybridized carbons (Fsp3) is 0.806. The first-order chi connectivity index (χ1) is 18.8. The molecule has 2 heteroatoms. The highest BCUT2D eigenvalue weighted by Gasteiger charge is 2.02. The van der Waals surface area contributed by atoms with Gasteiger partial charge in [-0.15, -0.1) is 0 Å². The zero-order chi connectivity index (χ0) is 27.6. The Balaban J connectivity index is 3.26. The van der Waals surface area contributed by atoms with Crippen molar-refractivity contribution < 1.29 is 9.53 Å². The van der Waals surface area contributed by atoms with Crippen LogP contribution in [0.1, 0.15) is 181 Å². The van der Waals surface area contributed by atoms with Crippen molar-refractivity contribution in [2.24, 2.45) is 0 Å². The molecule has 2 nitrogen and oxygen atoms in total. The standard InChI is InChI=1S/C36H66O2/c1-3-5-7-9-11-13-15-17-19-21-23-25-27-29-31-33-35-38-36(37)34-32-30-28-26-24-22-20-18-16-14-12-10-8-6-4-2/h11,13,17-20H,3-10,12,14-16,21-35H2,1-2H3/b13-11+,19-17+,20-18-. The summed E-state index contributed by atoms with van der Waals surface area (Å²) in [5, 5.41) is 0. The van der Waals surface area contributed by atoms with Crippen molar-refractivity contribution in [3.05, 3.63) is 36.5 Å². The van der Waals surface area contributed by atoms with Gasteiger partial charge in [-0.25, -0.2) is 0 Å². The van der Waals surface area contributed by atoms with Gasteiger partial charge in [0.25, 0.3) is 0 Å². The highest BCUT2D eigenvalue weighted by molar-refractivity contribution is 5.69. The Labute approximate surface area is 239 Å². The largest absolute Gasteiger partial charge is 0.466 e. The Morgan fingerprint density at radius 2 is 0.816 bits per heavy atom. The predicted octanol–water partition coefficient (Wildman–Crippen LogP) is 12.4. The Morgan fingerprint density at radius 3 is 1.34 bits per heavy atom. The van der Waals surface area contributed by atoms with Gasteiger partial charge in [-0.1, -0.05) is 140 Å².